The molecule has 1 amide bonds. The fourth-order valence-corrected chi connectivity index (χ4v) is 3.00. The number of nitrogens with zero attached hydrogens (tertiary/aromatic N) is 1. The molecule has 1 heterocycles. The maximum atomic E-state index is 11.9. The Morgan fingerprint density at radius 1 is 1.32 bits per heavy atom. The fraction of sp³-hybridized carbons (Fsp3) is 0.562. The molecular weight excluding hydrogens is 323 g/mol. The third kappa shape index (κ3) is 5.34. The van der Waals surface area contributed by atoms with Crippen LogP contribution in [-0.4, -0.2) is 43.1 Å². The van der Waals surface area contributed by atoms with Gasteiger partial charge in [-0.2, -0.15) is 0 Å². The first-order chi connectivity index (χ1) is 10.6. The van der Waals surface area contributed by atoms with Crippen molar-refractivity contribution in [2.75, 3.05) is 26.2 Å². The Balaban J connectivity index is 1.71. The lowest BCUT2D eigenvalue weighted by molar-refractivity contribution is -0.123. The number of benzene rings is 1. The van der Waals surface area contributed by atoms with Crippen LogP contribution in [0.2, 0.25) is 10.0 Å². The summed E-state index contributed by atoms with van der Waals surface area (Å²) in [5.41, 5.74) is 0. The van der Waals surface area contributed by atoms with Crippen LogP contribution in [-0.2, 0) is 4.79 Å². The number of carbonyl (C=O) groups excluding carboxylic acids is 1. The molecule has 1 aliphatic rings. The van der Waals surface area contributed by atoms with E-state index in [2.05, 4.69) is 17.1 Å². The standard InChI is InChI=1S/C16H22Cl2N2O2/c1-12(20-7-3-2-4-8-20)10-19-16(21)11-22-15-6-5-13(17)9-14(15)18/h5-6,9,12H,2-4,7-8,10-11H2,1H3,(H,19,21). The van der Waals surface area contributed by atoms with E-state index in [1.54, 1.807) is 18.2 Å². The molecule has 0 aliphatic carbocycles. The van der Waals surface area contributed by atoms with Crippen LogP contribution in [0.4, 0.5) is 0 Å². The third-order valence-electron chi connectivity index (χ3n) is 3.86. The van der Waals surface area contributed by atoms with Crippen molar-refractivity contribution in [3.05, 3.63) is 28.2 Å². The number of piperidine rings is 1. The summed E-state index contributed by atoms with van der Waals surface area (Å²) >= 11 is 11.8. The van der Waals surface area contributed by atoms with Gasteiger partial charge >= 0.3 is 0 Å². The molecule has 2 rings (SSSR count). The lowest BCUT2D eigenvalue weighted by Gasteiger charge is -2.32. The smallest absolute Gasteiger partial charge is 0.257 e. The summed E-state index contributed by atoms with van der Waals surface area (Å²) in [5, 5.41) is 3.85. The van der Waals surface area contributed by atoms with Crippen molar-refractivity contribution in [3.63, 3.8) is 0 Å². The average Bonchev–Trinajstić information content (AvgIpc) is 2.52. The summed E-state index contributed by atoms with van der Waals surface area (Å²) in [6, 6.07) is 5.28. The quantitative estimate of drug-likeness (QED) is 0.860. The van der Waals surface area contributed by atoms with Crippen LogP contribution in [0.15, 0.2) is 18.2 Å². The Labute approximate surface area is 141 Å². The highest BCUT2D eigenvalue weighted by Crippen LogP contribution is 2.27. The zero-order valence-electron chi connectivity index (χ0n) is 12.8. The van der Waals surface area contributed by atoms with Crippen LogP contribution >= 0.6 is 23.2 Å². The largest absolute Gasteiger partial charge is 0.482 e. The Morgan fingerprint density at radius 3 is 2.73 bits per heavy atom. The van der Waals surface area contributed by atoms with E-state index in [1.165, 1.54) is 19.3 Å². The molecular formula is C16H22Cl2N2O2. The SMILES string of the molecule is CC(CNC(=O)COc1ccc(Cl)cc1Cl)N1CCCCC1. The molecule has 1 unspecified atom stereocenters. The van der Waals surface area contributed by atoms with E-state index < -0.39 is 0 Å². The van der Waals surface area contributed by atoms with Crippen LogP contribution in [0.5, 0.6) is 5.75 Å². The third-order valence-corrected chi connectivity index (χ3v) is 4.39. The monoisotopic (exact) mass is 344 g/mol. The number of hydrogen-bond donors (Lipinski definition) is 1. The van der Waals surface area contributed by atoms with Crippen molar-refractivity contribution in [2.24, 2.45) is 0 Å². The zero-order valence-corrected chi connectivity index (χ0v) is 14.3. The predicted molar refractivity (Wildman–Crippen MR) is 89.9 cm³/mol. The molecule has 6 heteroatoms. The van der Waals surface area contributed by atoms with Gasteiger partial charge in [-0.1, -0.05) is 29.6 Å². The van der Waals surface area contributed by atoms with Gasteiger partial charge < -0.3 is 10.1 Å². The highest BCUT2D eigenvalue weighted by Gasteiger charge is 2.17. The van der Waals surface area contributed by atoms with Gasteiger partial charge in [0.1, 0.15) is 5.75 Å². The zero-order chi connectivity index (χ0) is 15.9. The Kier molecular flexibility index (Phi) is 6.80. The summed E-state index contributed by atoms with van der Waals surface area (Å²) in [7, 11) is 0. The Hall–Kier alpha value is -0.970. The molecule has 1 aliphatic heterocycles. The summed E-state index contributed by atoms with van der Waals surface area (Å²) < 4.78 is 5.42. The molecule has 122 valence electrons. The van der Waals surface area contributed by atoms with Crippen LogP contribution in [0.1, 0.15) is 26.2 Å². The maximum absolute atomic E-state index is 11.9. The molecule has 1 atom stereocenters. The maximum Gasteiger partial charge on any atom is 0.257 e. The van der Waals surface area contributed by atoms with Gasteiger partial charge in [0.2, 0.25) is 0 Å². The molecule has 0 aromatic heterocycles. The van der Waals surface area contributed by atoms with Crippen LogP contribution in [0, 0.1) is 0 Å². The van der Waals surface area contributed by atoms with E-state index in [1.807, 2.05) is 0 Å². The van der Waals surface area contributed by atoms with Crippen LogP contribution < -0.4 is 10.1 Å². The molecule has 1 aromatic rings. The summed E-state index contributed by atoms with van der Waals surface area (Å²) in [4.78, 5) is 14.3. The molecule has 1 saturated heterocycles. The number of amides is 1. The predicted octanol–water partition coefficient (Wildman–Crippen LogP) is 3.36. The van der Waals surface area contributed by atoms with Crippen LogP contribution in [0.3, 0.4) is 0 Å². The van der Waals surface area contributed by atoms with Crippen molar-refractivity contribution in [1.29, 1.82) is 0 Å². The van der Waals surface area contributed by atoms with E-state index in [4.69, 9.17) is 27.9 Å². The number of ether oxygens (including phenoxy) is 1. The summed E-state index contributed by atoms with van der Waals surface area (Å²) in [6.45, 7) is 4.97. The number of hydrogen-bond acceptors (Lipinski definition) is 3. The number of likely N-dealkylation sites (tertiary alicyclic amines) is 1. The molecule has 0 saturated carbocycles. The second kappa shape index (κ2) is 8.61. The second-order valence-corrected chi connectivity index (χ2v) is 6.46. The molecule has 22 heavy (non-hydrogen) atoms. The van der Waals surface area contributed by atoms with E-state index >= 15 is 0 Å². The van der Waals surface area contributed by atoms with E-state index in [-0.39, 0.29) is 12.5 Å². The molecule has 1 aromatic carbocycles. The van der Waals surface area contributed by atoms with E-state index in [9.17, 15) is 4.79 Å². The minimum Gasteiger partial charge on any atom is -0.482 e. The number of nitrogens with one attached hydrogen (secondary N) is 1. The molecule has 1 fully saturated rings. The van der Waals surface area contributed by atoms with Gasteiger partial charge in [-0.05, 0) is 51.1 Å². The molecule has 0 bridgehead atoms. The Morgan fingerprint density at radius 2 is 2.05 bits per heavy atom. The van der Waals surface area contributed by atoms with Crippen molar-refractivity contribution in [1.82, 2.24) is 10.2 Å². The number of rotatable bonds is 6. The fourth-order valence-electron chi connectivity index (χ4n) is 2.54. The first-order valence-corrected chi connectivity index (χ1v) is 8.40. The molecule has 0 spiro atoms. The number of carbonyl (C=O) groups is 1. The lowest BCUT2D eigenvalue weighted by atomic mass is 10.1. The molecule has 4 nitrogen and oxygen atoms in total. The second-order valence-electron chi connectivity index (χ2n) is 5.61. The first-order valence-electron chi connectivity index (χ1n) is 7.65. The summed E-state index contributed by atoms with van der Waals surface area (Å²) in [5.74, 6) is 0.320. The molecule has 0 radical (unpaired) electrons. The summed E-state index contributed by atoms with van der Waals surface area (Å²) in [6.07, 6.45) is 3.80. The van der Waals surface area contributed by atoms with Crippen molar-refractivity contribution >= 4 is 29.1 Å². The van der Waals surface area contributed by atoms with Gasteiger partial charge in [-0.15, -0.1) is 0 Å². The van der Waals surface area contributed by atoms with Gasteiger partial charge in [0.15, 0.2) is 6.61 Å². The lowest BCUT2D eigenvalue weighted by Crippen LogP contribution is -2.45. The van der Waals surface area contributed by atoms with E-state index in [0.29, 0.717) is 28.4 Å². The van der Waals surface area contributed by atoms with Crippen molar-refractivity contribution in [3.8, 4) is 5.75 Å². The number of halogens is 2. The van der Waals surface area contributed by atoms with Gasteiger partial charge in [0.05, 0.1) is 5.02 Å². The van der Waals surface area contributed by atoms with Gasteiger partial charge in [0, 0.05) is 17.6 Å². The van der Waals surface area contributed by atoms with Gasteiger partial charge in [-0.25, -0.2) is 0 Å². The highest BCUT2D eigenvalue weighted by molar-refractivity contribution is 6.35. The normalized spacial score (nSPS) is 17.0. The minimum absolute atomic E-state index is 0.0475. The van der Waals surface area contributed by atoms with E-state index in [0.717, 1.165) is 13.1 Å². The molecule has 1 N–H and O–H groups in total. The minimum atomic E-state index is -0.144. The van der Waals surface area contributed by atoms with Gasteiger partial charge in [-0.3, -0.25) is 9.69 Å². The highest BCUT2D eigenvalue weighted by atomic mass is 35.5. The van der Waals surface area contributed by atoms with Crippen molar-refractivity contribution in [2.45, 2.75) is 32.2 Å². The first kappa shape index (κ1) is 17.4. The average molecular weight is 345 g/mol. The Bertz CT molecular complexity index is 505. The van der Waals surface area contributed by atoms with Crippen molar-refractivity contribution < 1.29 is 9.53 Å². The van der Waals surface area contributed by atoms with Crippen LogP contribution in [0.25, 0.3) is 0 Å². The topological polar surface area (TPSA) is 41.6 Å². The van der Waals surface area contributed by atoms with Gasteiger partial charge in [0.25, 0.3) is 5.91 Å².